The summed E-state index contributed by atoms with van der Waals surface area (Å²) in [5.41, 5.74) is 0. The normalized spacial score (nSPS) is 13.4. The van der Waals surface area contributed by atoms with Crippen LogP contribution < -0.4 is 0 Å². The Kier molecular flexibility index (Phi) is 8.41. The average molecular weight is 174 g/mol. The van der Waals surface area contributed by atoms with Gasteiger partial charge in [-0.25, -0.2) is 0 Å². The molecule has 0 radical (unpaired) electrons. The molecule has 0 spiro atoms. The molecule has 0 aromatic heterocycles. The molecule has 0 saturated heterocycles. The third-order valence-corrected chi connectivity index (χ3v) is 3.89. The molecule has 0 amide bonds. The van der Waals surface area contributed by atoms with Crippen molar-refractivity contribution in [2.24, 2.45) is 0 Å². The first-order valence-corrected chi connectivity index (χ1v) is 7.37. The lowest BCUT2D eigenvalue weighted by Crippen LogP contribution is -2.13. The van der Waals surface area contributed by atoms with Crippen molar-refractivity contribution < 1.29 is 4.43 Å². The zero-order valence-electron chi connectivity index (χ0n) is 8.23. The van der Waals surface area contributed by atoms with Crippen LogP contribution in [0.5, 0.6) is 0 Å². The van der Waals surface area contributed by atoms with E-state index in [1.807, 2.05) is 0 Å². The quantitative estimate of drug-likeness (QED) is 0.426. The summed E-state index contributed by atoms with van der Waals surface area (Å²) in [6.07, 6.45) is 5.17. The zero-order chi connectivity index (χ0) is 8.53. The summed E-state index contributed by atoms with van der Waals surface area (Å²) in [6.45, 7) is 7.77. The van der Waals surface area contributed by atoms with Gasteiger partial charge in [0.1, 0.15) is 0 Å². The molecule has 0 aliphatic carbocycles. The molecule has 1 nitrogen and oxygen atoms in total. The summed E-state index contributed by atoms with van der Waals surface area (Å²) >= 11 is 0. The van der Waals surface area contributed by atoms with E-state index in [0.29, 0.717) is 0 Å². The van der Waals surface area contributed by atoms with Crippen LogP contribution in [0.4, 0.5) is 0 Å². The van der Waals surface area contributed by atoms with Crippen LogP contribution in [-0.2, 0) is 4.43 Å². The Morgan fingerprint density at radius 1 is 1.09 bits per heavy atom. The second kappa shape index (κ2) is 8.28. The summed E-state index contributed by atoms with van der Waals surface area (Å²) in [7, 11) is -0.751. The molecule has 0 aliphatic heterocycles. The molecule has 0 rings (SSSR count). The minimum Gasteiger partial charge on any atom is -0.420 e. The van der Waals surface area contributed by atoms with Crippen molar-refractivity contribution in [2.75, 3.05) is 6.61 Å². The monoisotopic (exact) mass is 174 g/mol. The molecule has 1 atom stereocenters. The predicted octanol–water partition coefficient (Wildman–Crippen LogP) is 2.96. The molecule has 0 saturated carbocycles. The van der Waals surface area contributed by atoms with Gasteiger partial charge in [-0.1, -0.05) is 33.1 Å². The summed E-state index contributed by atoms with van der Waals surface area (Å²) in [6, 6.07) is 1.36. The largest absolute Gasteiger partial charge is 0.420 e. The molecule has 0 N–H and O–H groups in total. The van der Waals surface area contributed by atoms with Crippen molar-refractivity contribution in [3.05, 3.63) is 0 Å². The van der Waals surface area contributed by atoms with Crippen LogP contribution in [0.2, 0.25) is 12.6 Å². The maximum atomic E-state index is 5.72. The Labute approximate surface area is 72.9 Å². The Hall–Kier alpha value is 0.177. The van der Waals surface area contributed by atoms with Crippen molar-refractivity contribution in [3.8, 4) is 0 Å². The van der Waals surface area contributed by atoms with Crippen molar-refractivity contribution in [1.82, 2.24) is 0 Å². The maximum absolute atomic E-state index is 5.72. The van der Waals surface area contributed by atoms with Crippen LogP contribution in [0, 0.1) is 0 Å². The molecular weight excluding hydrogens is 152 g/mol. The van der Waals surface area contributed by atoms with E-state index in [9.17, 15) is 0 Å². The van der Waals surface area contributed by atoms with E-state index in [1.54, 1.807) is 0 Å². The lowest BCUT2D eigenvalue weighted by atomic mass is 10.4. The molecule has 0 bridgehead atoms. The molecule has 11 heavy (non-hydrogen) atoms. The third kappa shape index (κ3) is 8.08. The topological polar surface area (TPSA) is 9.23 Å². The van der Waals surface area contributed by atoms with Gasteiger partial charge in [-0.05, 0) is 19.0 Å². The highest BCUT2D eigenvalue weighted by atomic mass is 28.3. The van der Waals surface area contributed by atoms with Crippen LogP contribution in [0.1, 0.15) is 39.5 Å². The first kappa shape index (κ1) is 11.2. The summed E-state index contributed by atoms with van der Waals surface area (Å²) in [4.78, 5) is 0. The van der Waals surface area contributed by atoms with Crippen molar-refractivity contribution in [2.45, 2.75) is 52.1 Å². The Balaban J connectivity index is 3.02. The Morgan fingerprint density at radius 2 is 1.73 bits per heavy atom. The fourth-order valence-electron chi connectivity index (χ4n) is 1.00. The van der Waals surface area contributed by atoms with Crippen LogP contribution in [0.25, 0.3) is 0 Å². The molecule has 0 aromatic carbocycles. The van der Waals surface area contributed by atoms with E-state index in [4.69, 9.17) is 4.43 Å². The molecule has 0 heterocycles. The first-order chi connectivity index (χ1) is 5.31. The van der Waals surface area contributed by atoms with Gasteiger partial charge in [-0.15, -0.1) is 0 Å². The maximum Gasteiger partial charge on any atom is 0.173 e. The number of unbranched alkanes of at least 4 members (excludes halogenated alkanes) is 2. The Morgan fingerprint density at radius 3 is 2.27 bits per heavy atom. The van der Waals surface area contributed by atoms with E-state index in [0.717, 1.165) is 6.61 Å². The minimum atomic E-state index is -0.751. The van der Waals surface area contributed by atoms with Gasteiger partial charge in [0.25, 0.3) is 0 Å². The molecule has 1 unspecified atom stereocenters. The van der Waals surface area contributed by atoms with Gasteiger partial charge in [0.05, 0.1) is 0 Å². The smallest absolute Gasteiger partial charge is 0.173 e. The molecule has 0 aromatic rings. The van der Waals surface area contributed by atoms with E-state index in [1.165, 1.54) is 31.7 Å². The minimum absolute atomic E-state index is 0.751. The van der Waals surface area contributed by atoms with E-state index in [2.05, 4.69) is 20.4 Å². The van der Waals surface area contributed by atoms with Crippen LogP contribution >= 0.6 is 0 Å². The van der Waals surface area contributed by atoms with Gasteiger partial charge >= 0.3 is 0 Å². The zero-order valence-corrected chi connectivity index (χ0v) is 9.38. The van der Waals surface area contributed by atoms with Gasteiger partial charge in [-0.3, -0.25) is 0 Å². The van der Waals surface area contributed by atoms with Crippen LogP contribution in [0.15, 0.2) is 0 Å². The number of hydrogen-bond donors (Lipinski definition) is 0. The summed E-state index contributed by atoms with van der Waals surface area (Å²) in [5.74, 6) is 0. The number of hydrogen-bond acceptors (Lipinski definition) is 1. The molecular formula is C9H22OSi. The fourth-order valence-corrected chi connectivity index (χ4v) is 2.72. The van der Waals surface area contributed by atoms with Gasteiger partial charge < -0.3 is 4.43 Å². The highest BCUT2D eigenvalue weighted by Crippen LogP contribution is 2.02. The highest BCUT2D eigenvalue weighted by Gasteiger charge is 2.02. The van der Waals surface area contributed by atoms with E-state index >= 15 is 0 Å². The first-order valence-electron chi connectivity index (χ1n) is 4.92. The van der Waals surface area contributed by atoms with Crippen molar-refractivity contribution in [1.29, 1.82) is 0 Å². The van der Waals surface area contributed by atoms with Gasteiger partial charge in [0.15, 0.2) is 9.04 Å². The standard InChI is InChI=1S/C9H22OSi/c1-4-6-8-10-11(3)9-7-5-2/h11H,4-9H2,1-3H3. The highest BCUT2D eigenvalue weighted by molar-refractivity contribution is 6.50. The second-order valence-electron chi connectivity index (χ2n) is 3.18. The van der Waals surface area contributed by atoms with Crippen molar-refractivity contribution in [3.63, 3.8) is 0 Å². The van der Waals surface area contributed by atoms with Crippen LogP contribution in [-0.4, -0.2) is 15.6 Å². The van der Waals surface area contributed by atoms with Crippen LogP contribution in [0.3, 0.4) is 0 Å². The Bertz CT molecular complexity index is 76.0. The third-order valence-electron chi connectivity index (χ3n) is 1.86. The van der Waals surface area contributed by atoms with Crippen molar-refractivity contribution >= 4 is 9.04 Å². The number of rotatable bonds is 7. The lowest BCUT2D eigenvalue weighted by molar-refractivity contribution is 0.312. The predicted molar refractivity (Wildman–Crippen MR) is 53.6 cm³/mol. The molecule has 0 aliphatic rings. The van der Waals surface area contributed by atoms with E-state index in [-0.39, 0.29) is 0 Å². The lowest BCUT2D eigenvalue weighted by Gasteiger charge is -2.09. The van der Waals surface area contributed by atoms with Gasteiger partial charge in [-0.2, -0.15) is 0 Å². The fraction of sp³-hybridized carbons (Fsp3) is 1.00. The molecule has 68 valence electrons. The van der Waals surface area contributed by atoms with E-state index < -0.39 is 9.04 Å². The summed E-state index contributed by atoms with van der Waals surface area (Å²) in [5, 5.41) is 0. The SMILES string of the molecule is CCCCO[SiH](C)CCCC. The van der Waals surface area contributed by atoms with Gasteiger partial charge in [0, 0.05) is 6.61 Å². The molecule has 2 heteroatoms. The second-order valence-corrected chi connectivity index (χ2v) is 5.71. The summed E-state index contributed by atoms with van der Waals surface area (Å²) < 4.78 is 5.72. The molecule has 0 fully saturated rings. The van der Waals surface area contributed by atoms with Gasteiger partial charge in [0.2, 0.25) is 0 Å². The average Bonchev–Trinajstić information content (AvgIpc) is 2.01.